The minimum Gasteiger partial charge on any atom is -0.384 e. The minimum absolute atomic E-state index is 0.117. The molecule has 1 aliphatic rings. The zero-order chi connectivity index (χ0) is 9.84. The smallest absolute Gasteiger partial charge is 0.251 e. The normalized spacial score (nSPS) is 26.7. The van der Waals surface area contributed by atoms with Crippen molar-refractivity contribution in [1.29, 1.82) is 0 Å². The molecular formula is C10H19NO2. The third kappa shape index (κ3) is 2.99. The predicted octanol–water partition coefficient (Wildman–Crippen LogP) is 1.02. The number of rotatable bonds is 1. The van der Waals surface area contributed by atoms with Crippen LogP contribution in [0.5, 0.6) is 0 Å². The number of hydrogen-bond donors (Lipinski definition) is 1. The molecule has 3 nitrogen and oxygen atoms in total. The SMILES string of the molecule is CC1CCCCN(C(=O)C(C)O)C1. The highest BCUT2D eigenvalue weighted by molar-refractivity contribution is 5.80. The van der Waals surface area contributed by atoms with E-state index in [0.717, 1.165) is 19.5 Å². The summed E-state index contributed by atoms with van der Waals surface area (Å²) in [6.07, 6.45) is 2.63. The molecule has 1 saturated heterocycles. The first kappa shape index (κ1) is 10.5. The van der Waals surface area contributed by atoms with Gasteiger partial charge < -0.3 is 10.0 Å². The maximum atomic E-state index is 11.5. The summed E-state index contributed by atoms with van der Waals surface area (Å²) in [7, 11) is 0. The van der Waals surface area contributed by atoms with Gasteiger partial charge in [0.1, 0.15) is 6.10 Å². The van der Waals surface area contributed by atoms with Crippen LogP contribution in [0.4, 0.5) is 0 Å². The summed E-state index contributed by atoms with van der Waals surface area (Å²) < 4.78 is 0. The summed E-state index contributed by atoms with van der Waals surface area (Å²) in [6.45, 7) is 5.32. The van der Waals surface area contributed by atoms with Gasteiger partial charge in [-0.3, -0.25) is 4.79 Å². The van der Waals surface area contributed by atoms with E-state index in [1.54, 1.807) is 4.90 Å². The Balaban J connectivity index is 2.52. The number of nitrogens with zero attached hydrogens (tertiary/aromatic N) is 1. The molecular weight excluding hydrogens is 166 g/mol. The van der Waals surface area contributed by atoms with E-state index in [1.165, 1.54) is 19.8 Å². The van der Waals surface area contributed by atoms with Gasteiger partial charge in [0.2, 0.25) is 0 Å². The van der Waals surface area contributed by atoms with Crippen LogP contribution in [0, 0.1) is 5.92 Å². The van der Waals surface area contributed by atoms with Crippen LogP contribution in [0.15, 0.2) is 0 Å². The monoisotopic (exact) mass is 185 g/mol. The standard InChI is InChI=1S/C10H19NO2/c1-8-5-3-4-6-11(7-8)10(13)9(2)12/h8-9,12H,3-7H2,1-2H3. The topological polar surface area (TPSA) is 40.5 Å². The average Bonchev–Trinajstić information content (AvgIpc) is 2.28. The summed E-state index contributed by atoms with van der Waals surface area (Å²) in [5.74, 6) is 0.457. The first-order valence-electron chi connectivity index (χ1n) is 5.08. The Kier molecular flexibility index (Phi) is 3.72. The maximum Gasteiger partial charge on any atom is 0.251 e. The van der Waals surface area contributed by atoms with Gasteiger partial charge in [0, 0.05) is 13.1 Å². The first-order valence-corrected chi connectivity index (χ1v) is 5.08. The third-order valence-electron chi connectivity index (χ3n) is 2.58. The van der Waals surface area contributed by atoms with E-state index in [2.05, 4.69) is 6.92 Å². The molecule has 2 atom stereocenters. The van der Waals surface area contributed by atoms with Crippen molar-refractivity contribution in [3.8, 4) is 0 Å². The zero-order valence-corrected chi connectivity index (χ0v) is 8.49. The lowest BCUT2D eigenvalue weighted by Gasteiger charge is -2.23. The highest BCUT2D eigenvalue weighted by Crippen LogP contribution is 2.16. The number of amides is 1. The number of carbonyl (C=O) groups is 1. The van der Waals surface area contributed by atoms with Crippen LogP contribution in [0.2, 0.25) is 0 Å². The van der Waals surface area contributed by atoms with Gasteiger partial charge in [-0.2, -0.15) is 0 Å². The first-order chi connectivity index (χ1) is 6.11. The van der Waals surface area contributed by atoms with Gasteiger partial charge >= 0.3 is 0 Å². The van der Waals surface area contributed by atoms with E-state index < -0.39 is 6.10 Å². The van der Waals surface area contributed by atoms with E-state index in [0.29, 0.717) is 5.92 Å². The van der Waals surface area contributed by atoms with Gasteiger partial charge in [0.15, 0.2) is 0 Å². The quantitative estimate of drug-likeness (QED) is 0.662. The van der Waals surface area contributed by atoms with Gasteiger partial charge in [-0.05, 0) is 25.7 Å². The molecule has 1 N–H and O–H groups in total. The van der Waals surface area contributed by atoms with Crippen molar-refractivity contribution >= 4 is 5.91 Å². The summed E-state index contributed by atoms with van der Waals surface area (Å²) >= 11 is 0. The lowest BCUT2D eigenvalue weighted by atomic mass is 10.1. The summed E-state index contributed by atoms with van der Waals surface area (Å²) in [6, 6.07) is 0. The second kappa shape index (κ2) is 4.61. The fourth-order valence-corrected chi connectivity index (χ4v) is 1.82. The molecule has 1 rings (SSSR count). The Morgan fingerprint density at radius 2 is 2.23 bits per heavy atom. The van der Waals surface area contributed by atoms with E-state index in [9.17, 15) is 4.79 Å². The molecule has 1 heterocycles. The van der Waals surface area contributed by atoms with Gasteiger partial charge in [0.05, 0.1) is 0 Å². The molecule has 0 saturated carbocycles. The molecule has 0 radical (unpaired) electrons. The van der Waals surface area contributed by atoms with Crippen molar-refractivity contribution in [3.63, 3.8) is 0 Å². The Hall–Kier alpha value is -0.570. The molecule has 3 heteroatoms. The van der Waals surface area contributed by atoms with Crippen molar-refractivity contribution in [2.45, 2.75) is 39.2 Å². The van der Waals surface area contributed by atoms with Crippen LogP contribution in [0.3, 0.4) is 0 Å². The van der Waals surface area contributed by atoms with Crippen LogP contribution < -0.4 is 0 Å². The van der Waals surface area contributed by atoms with E-state index in [1.807, 2.05) is 0 Å². The van der Waals surface area contributed by atoms with Crippen molar-refractivity contribution < 1.29 is 9.90 Å². The number of aliphatic hydroxyl groups is 1. The molecule has 1 fully saturated rings. The zero-order valence-electron chi connectivity index (χ0n) is 8.49. The van der Waals surface area contributed by atoms with Crippen LogP contribution >= 0.6 is 0 Å². The second-order valence-electron chi connectivity index (χ2n) is 4.06. The molecule has 0 aromatic heterocycles. The number of hydrogen-bond acceptors (Lipinski definition) is 2. The number of likely N-dealkylation sites (tertiary alicyclic amines) is 1. The summed E-state index contributed by atoms with van der Waals surface area (Å²) in [5.41, 5.74) is 0. The number of carbonyl (C=O) groups excluding carboxylic acids is 1. The van der Waals surface area contributed by atoms with Crippen molar-refractivity contribution in [1.82, 2.24) is 4.90 Å². The molecule has 13 heavy (non-hydrogen) atoms. The molecule has 2 unspecified atom stereocenters. The van der Waals surface area contributed by atoms with Gasteiger partial charge in [-0.25, -0.2) is 0 Å². The van der Waals surface area contributed by atoms with Crippen molar-refractivity contribution in [2.75, 3.05) is 13.1 Å². The van der Waals surface area contributed by atoms with Gasteiger partial charge in [-0.15, -0.1) is 0 Å². The summed E-state index contributed by atoms with van der Waals surface area (Å²) in [4.78, 5) is 13.3. The fraction of sp³-hybridized carbons (Fsp3) is 0.900. The number of aliphatic hydroxyl groups excluding tert-OH is 1. The third-order valence-corrected chi connectivity index (χ3v) is 2.58. The average molecular weight is 185 g/mol. The van der Waals surface area contributed by atoms with Crippen LogP contribution in [-0.4, -0.2) is 35.1 Å². The highest BCUT2D eigenvalue weighted by Gasteiger charge is 2.21. The molecule has 0 bridgehead atoms. The lowest BCUT2D eigenvalue weighted by molar-refractivity contribution is -0.139. The molecule has 0 spiro atoms. The van der Waals surface area contributed by atoms with Crippen LogP contribution in [0.1, 0.15) is 33.1 Å². The Labute approximate surface area is 79.7 Å². The van der Waals surface area contributed by atoms with Gasteiger partial charge in [-0.1, -0.05) is 13.3 Å². The van der Waals surface area contributed by atoms with Crippen molar-refractivity contribution in [2.24, 2.45) is 5.92 Å². The van der Waals surface area contributed by atoms with E-state index in [4.69, 9.17) is 5.11 Å². The Bertz CT molecular complexity index is 180. The molecule has 0 aromatic rings. The Morgan fingerprint density at radius 3 is 2.85 bits per heavy atom. The Morgan fingerprint density at radius 1 is 1.54 bits per heavy atom. The highest BCUT2D eigenvalue weighted by atomic mass is 16.3. The summed E-state index contributed by atoms with van der Waals surface area (Å²) in [5, 5.41) is 9.16. The van der Waals surface area contributed by atoms with Crippen molar-refractivity contribution in [3.05, 3.63) is 0 Å². The molecule has 1 aliphatic heterocycles. The van der Waals surface area contributed by atoms with Gasteiger partial charge in [0.25, 0.3) is 5.91 Å². The molecule has 76 valence electrons. The predicted molar refractivity (Wildman–Crippen MR) is 51.3 cm³/mol. The fourth-order valence-electron chi connectivity index (χ4n) is 1.82. The minimum atomic E-state index is -0.842. The molecule has 1 amide bonds. The van der Waals surface area contributed by atoms with E-state index >= 15 is 0 Å². The molecule has 0 aliphatic carbocycles. The maximum absolute atomic E-state index is 11.5. The molecule has 0 aromatic carbocycles. The largest absolute Gasteiger partial charge is 0.384 e. The van der Waals surface area contributed by atoms with Crippen LogP contribution in [-0.2, 0) is 4.79 Å². The second-order valence-corrected chi connectivity index (χ2v) is 4.06. The van der Waals surface area contributed by atoms with E-state index in [-0.39, 0.29) is 5.91 Å². The van der Waals surface area contributed by atoms with Crippen LogP contribution in [0.25, 0.3) is 0 Å². The lowest BCUT2D eigenvalue weighted by Crippen LogP contribution is -2.39.